The highest BCUT2D eigenvalue weighted by Gasteiger charge is 2.44. The van der Waals surface area contributed by atoms with Crippen LogP contribution in [0.1, 0.15) is 17.4 Å². The van der Waals surface area contributed by atoms with Crippen LogP contribution in [0.3, 0.4) is 0 Å². The first-order chi connectivity index (χ1) is 13.1. The lowest BCUT2D eigenvalue weighted by Crippen LogP contribution is -2.33. The van der Waals surface area contributed by atoms with E-state index in [1.165, 1.54) is 6.33 Å². The highest BCUT2D eigenvalue weighted by atomic mass is 16.6. The largest absolute Gasteiger partial charge is 0.394 e. The van der Waals surface area contributed by atoms with Crippen molar-refractivity contribution in [1.82, 2.24) is 14.5 Å². The Morgan fingerprint density at radius 3 is 2.59 bits per heavy atom. The van der Waals surface area contributed by atoms with E-state index in [0.29, 0.717) is 16.9 Å². The van der Waals surface area contributed by atoms with E-state index in [2.05, 4.69) is 9.97 Å². The van der Waals surface area contributed by atoms with E-state index in [0.717, 1.165) is 11.1 Å². The van der Waals surface area contributed by atoms with Crippen LogP contribution in [0.25, 0.3) is 23.2 Å². The SMILES string of the molecule is Nc1ncnc2c1c(/C=C/c1ccccc1)cn2C1OC(CO)C(O)C1O. The number of ether oxygens (including phenoxy) is 1. The lowest BCUT2D eigenvalue weighted by Gasteiger charge is -2.17. The molecular formula is C19H20N4O4. The molecule has 3 aromatic rings. The zero-order chi connectivity index (χ0) is 19.0. The predicted molar refractivity (Wildman–Crippen MR) is 100 cm³/mol. The predicted octanol–water partition coefficient (Wildman–Crippen LogP) is 0.795. The third-order valence-corrected chi connectivity index (χ3v) is 4.71. The molecule has 0 saturated carbocycles. The third-order valence-electron chi connectivity index (χ3n) is 4.71. The van der Waals surface area contributed by atoms with E-state index in [1.54, 1.807) is 10.8 Å². The van der Waals surface area contributed by atoms with Gasteiger partial charge in [-0.05, 0) is 5.56 Å². The summed E-state index contributed by atoms with van der Waals surface area (Å²) in [4.78, 5) is 8.33. The van der Waals surface area contributed by atoms with Crippen molar-refractivity contribution < 1.29 is 20.1 Å². The monoisotopic (exact) mass is 368 g/mol. The number of aromatic nitrogens is 3. The van der Waals surface area contributed by atoms with Crippen molar-refractivity contribution in [2.75, 3.05) is 12.3 Å². The molecule has 4 atom stereocenters. The molecule has 1 aliphatic rings. The minimum Gasteiger partial charge on any atom is -0.394 e. The van der Waals surface area contributed by atoms with Crippen LogP contribution in [0.2, 0.25) is 0 Å². The van der Waals surface area contributed by atoms with E-state index >= 15 is 0 Å². The van der Waals surface area contributed by atoms with Crippen LogP contribution in [0.15, 0.2) is 42.9 Å². The third kappa shape index (κ3) is 3.08. The van der Waals surface area contributed by atoms with E-state index < -0.39 is 31.1 Å². The Morgan fingerprint density at radius 2 is 1.89 bits per heavy atom. The van der Waals surface area contributed by atoms with Gasteiger partial charge < -0.3 is 30.4 Å². The van der Waals surface area contributed by atoms with Gasteiger partial charge in [-0.25, -0.2) is 9.97 Å². The van der Waals surface area contributed by atoms with Crippen LogP contribution in [-0.2, 0) is 4.74 Å². The van der Waals surface area contributed by atoms with Gasteiger partial charge in [-0.1, -0.05) is 42.5 Å². The fraction of sp³-hybridized carbons (Fsp3) is 0.263. The Morgan fingerprint density at radius 1 is 1.11 bits per heavy atom. The second kappa shape index (κ2) is 7.09. The molecular weight excluding hydrogens is 348 g/mol. The molecule has 5 N–H and O–H groups in total. The van der Waals surface area contributed by atoms with Crippen LogP contribution < -0.4 is 5.73 Å². The normalized spacial score (nSPS) is 25.6. The van der Waals surface area contributed by atoms with E-state index in [9.17, 15) is 15.3 Å². The van der Waals surface area contributed by atoms with Crippen molar-refractivity contribution in [2.24, 2.45) is 0 Å². The van der Waals surface area contributed by atoms with Gasteiger partial charge >= 0.3 is 0 Å². The number of nitrogens with two attached hydrogens (primary N) is 1. The quantitative estimate of drug-likeness (QED) is 0.536. The van der Waals surface area contributed by atoms with Crippen molar-refractivity contribution in [3.8, 4) is 0 Å². The molecule has 0 amide bonds. The molecule has 4 rings (SSSR count). The van der Waals surface area contributed by atoms with Gasteiger partial charge in [0.2, 0.25) is 0 Å². The molecule has 1 aliphatic heterocycles. The summed E-state index contributed by atoms with van der Waals surface area (Å²) in [6, 6.07) is 9.78. The van der Waals surface area contributed by atoms with Gasteiger partial charge in [0, 0.05) is 11.8 Å². The lowest BCUT2D eigenvalue weighted by atomic mass is 10.1. The Kier molecular flexibility index (Phi) is 4.63. The summed E-state index contributed by atoms with van der Waals surface area (Å²) in [5.74, 6) is 0.304. The van der Waals surface area contributed by atoms with Crippen molar-refractivity contribution >= 4 is 29.0 Å². The van der Waals surface area contributed by atoms with Crippen molar-refractivity contribution in [2.45, 2.75) is 24.5 Å². The van der Waals surface area contributed by atoms with Gasteiger partial charge in [0.25, 0.3) is 0 Å². The molecule has 27 heavy (non-hydrogen) atoms. The Balaban J connectivity index is 1.79. The van der Waals surface area contributed by atoms with Crippen molar-refractivity contribution in [3.05, 3.63) is 54.0 Å². The summed E-state index contributed by atoms with van der Waals surface area (Å²) in [5.41, 5.74) is 8.31. The number of anilines is 1. The van der Waals surface area contributed by atoms with Crippen LogP contribution in [0.4, 0.5) is 5.82 Å². The molecule has 1 saturated heterocycles. The molecule has 3 heterocycles. The number of aliphatic hydroxyl groups is 3. The lowest BCUT2D eigenvalue weighted by molar-refractivity contribution is -0.0508. The molecule has 0 bridgehead atoms. The number of nitrogen functional groups attached to an aromatic ring is 1. The zero-order valence-corrected chi connectivity index (χ0v) is 14.4. The number of nitrogens with zero attached hydrogens (tertiary/aromatic N) is 3. The van der Waals surface area contributed by atoms with E-state index in [4.69, 9.17) is 10.5 Å². The molecule has 4 unspecified atom stereocenters. The molecule has 0 aliphatic carbocycles. The first-order valence-electron chi connectivity index (χ1n) is 8.56. The highest BCUT2D eigenvalue weighted by Crippen LogP contribution is 2.35. The van der Waals surface area contributed by atoms with E-state index in [1.807, 2.05) is 42.5 Å². The van der Waals surface area contributed by atoms with Gasteiger partial charge in [0.05, 0.1) is 12.0 Å². The first kappa shape index (κ1) is 17.6. The molecule has 1 fully saturated rings. The van der Waals surface area contributed by atoms with E-state index in [-0.39, 0.29) is 0 Å². The fourth-order valence-corrected chi connectivity index (χ4v) is 3.32. The summed E-state index contributed by atoms with van der Waals surface area (Å²) in [7, 11) is 0. The zero-order valence-electron chi connectivity index (χ0n) is 14.4. The maximum absolute atomic E-state index is 10.4. The molecule has 2 aromatic heterocycles. The summed E-state index contributed by atoms with van der Waals surface area (Å²) in [6.45, 7) is -0.397. The van der Waals surface area contributed by atoms with Crippen LogP contribution in [0.5, 0.6) is 0 Å². The topological polar surface area (TPSA) is 127 Å². The van der Waals surface area contributed by atoms with Crippen molar-refractivity contribution in [1.29, 1.82) is 0 Å². The minimum atomic E-state index is -1.21. The first-order valence-corrected chi connectivity index (χ1v) is 8.56. The Labute approximate surface area is 155 Å². The maximum Gasteiger partial charge on any atom is 0.164 e. The summed E-state index contributed by atoms with van der Waals surface area (Å²) in [6.07, 6.45) is 2.73. The number of benzene rings is 1. The summed E-state index contributed by atoms with van der Waals surface area (Å²) < 4.78 is 7.25. The van der Waals surface area contributed by atoms with Gasteiger partial charge in [-0.15, -0.1) is 0 Å². The standard InChI is InChI=1S/C19H20N4O4/c20-17-14-12(7-6-11-4-2-1-3-5-11)8-23(18(14)22-10-21-17)19-16(26)15(25)13(9-24)27-19/h1-8,10,13,15-16,19,24-26H,9H2,(H2,20,21,22)/b7-6+. The number of hydrogen-bond donors (Lipinski definition) is 4. The average molecular weight is 368 g/mol. The molecule has 1 aromatic carbocycles. The number of fused-ring (bicyclic) bond motifs is 1. The van der Waals surface area contributed by atoms with Gasteiger partial charge in [-0.2, -0.15) is 0 Å². The molecule has 140 valence electrons. The minimum absolute atomic E-state index is 0.304. The van der Waals surface area contributed by atoms with Crippen molar-refractivity contribution in [3.63, 3.8) is 0 Å². The van der Waals surface area contributed by atoms with Gasteiger partial charge in [0.1, 0.15) is 36.1 Å². The van der Waals surface area contributed by atoms with Crippen LogP contribution in [0, 0.1) is 0 Å². The molecule has 8 heteroatoms. The summed E-state index contributed by atoms with van der Waals surface area (Å²) in [5, 5.41) is 30.4. The number of hydrogen-bond acceptors (Lipinski definition) is 7. The Bertz CT molecular complexity index is 973. The molecule has 0 radical (unpaired) electrons. The second-order valence-electron chi connectivity index (χ2n) is 6.42. The van der Waals surface area contributed by atoms with Gasteiger partial charge in [0.15, 0.2) is 6.23 Å². The molecule has 0 spiro atoms. The highest BCUT2D eigenvalue weighted by molar-refractivity contribution is 5.96. The maximum atomic E-state index is 10.4. The van der Waals surface area contributed by atoms with Crippen LogP contribution in [-0.4, -0.2) is 54.8 Å². The number of rotatable bonds is 4. The smallest absolute Gasteiger partial charge is 0.164 e. The average Bonchev–Trinajstić information content (AvgIpc) is 3.20. The summed E-state index contributed by atoms with van der Waals surface area (Å²) >= 11 is 0. The fourth-order valence-electron chi connectivity index (χ4n) is 3.32. The van der Waals surface area contributed by atoms with Gasteiger partial charge in [-0.3, -0.25) is 0 Å². The second-order valence-corrected chi connectivity index (χ2v) is 6.42. The number of aliphatic hydroxyl groups excluding tert-OH is 3. The molecule has 8 nitrogen and oxygen atoms in total. The Hall–Kier alpha value is -2.78. The van der Waals surface area contributed by atoms with Crippen LogP contribution >= 0.6 is 0 Å².